The number of fused-ring (bicyclic) bond motifs is 9. The Morgan fingerprint density at radius 1 is 0.282 bits per heavy atom. The summed E-state index contributed by atoms with van der Waals surface area (Å²) in [5.74, 6) is 1.00. The molecule has 0 atom stereocenters. The van der Waals surface area contributed by atoms with Crippen LogP contribution in [0, 0.1) is 0 Å². The van der Waals surface area contributed by atoms with Crippen LogP contribution in [-0.2, 0) is 10.8 Å². The third kappa shape index (κ3) is 7.13. The molecule has 0 saturated carbocycles. The third-order valence-electron chi connectivity index (χ3n) is 17.1. The molecule has 370 valence electrons. The summed E-state index contributed by atoms with van der Waals surface area (Å²) in [5, 5.41) is 11.2. The summed E-state index contributed by atoms with van der Waals surface area (Å²) in [6.07, 6.45) is 0. The van der Waals surface area contributed by atoms with Gasteiger partial charge in [-0.3, -0.25) is 0 Å². The summed E-state index contributed by atoms with van der Waals surface area (Å²) in [4.78, 5) is 0. The maximum atomic E-state index is 6.10. The molecule has 4 nitrogen and oxygen atoms in total. The lowest BCUT2D eigenvalue weighted by Gasteiger charge is -2.22. The number of nitrogens with zero attached hydrogens (tertiary/aromatic N) is 3. The lowest BCUT2D eigenvalue weighted by Crippen LogP contribution is -2.14. The van der Waals surface area contributed by atoms with Gasteiger partial charge in [0.05, 0.1) is 11.0 Å². The van der Waals surface area contributed by atoms with Gasteiger partial charge in [-0.2, -0.15) is 0 Å². The maximum Gasteiger partial charge on any atom is 0.248 e. The maximum absolute atomic E-state index is 6.10. The van der Waals surface area contributed by atoms with Crippen LogP contribution in [-0.4, -0.2) is 14.8 Å². The average molecular weight is 1000 g/mol. The minimum atomic E-state index is -0.0861. The van der Waals surface area contributed by atoms with Gasteiger partial charge < -0.3 is 8.98 Å². The molecule has 4 heteroatoms. The zero-order chi connectivity index (χ0) is 52.3. The molecule has 0 saturated heterocycles. The van der Waals surface area contributed by atoms with Crippen LogP contribution in [0.2, 0.25) is 0 Å². The lowest BCUT2D eigenvalue weighted by atomic mass is 9.81. The van der Waals surface area contributed by atoms with Crippen molar-refractivity contribution in [1.29, 1.82) is 0 Å². The Kier molecular flexibility index (Phi) is 10.2. The van der Waals surface area contributed by atoms with Gasteiger partial charge >= 0.3 is 0 Å². The predicted octanol–water partition coefficient (Wildman–Crippen LogP) is 19.4. The zero-order valence-electron chi connectivity index (χ0n) is 43.9. The first-order valence-corrected chi connectivity index (χ1v) is 27.0. The van der Waals surface area contributed by atoms with E-state index in [9.17, 15) is 0 Å². The molecule has 11 aromatic carbocycles. The van der Waals surface area contributed by atoms with E-state index in [1.807, 2.05) is 30.3 Å². The van der Waals surface area contributed by atoms with E-state index in [0.717, 1.165) is 39.1 Å². The minimum absolute atomic E-state index is 0.0861. The quantitative estimate of drug-likeness (QED) is 0.152. The van der Waals surface area contributed by atoms with Crippen molar-refractivity contribution in [2.45, 2.75) is 38.5 Å². The molecule has 0 bridgehead atoms. The van der Waals surface area contributed by atoms with E-state index in [0.29, 0.717) is 11.8 Å². The van der Waals surface area contributed by atoms with Crippen molar-refractivity contribution in [3.05, 3.63) is 271 Å². The summed E-state index contributed by atoms with van der Waals surface area (Å²) in [7, 11) is 0. The summed E-state index contributed by atoms with van der Waals surface area (Å²) in [6.45, 7) is 9.45. The number of hydrogen-bond acceptors (Lipinski definition) is 3. The molecule has 2 aromatic heterocycles. The van der Waals surface area contributed by atoms with Crippen LogP contribution in [0.25, 0.3) is 128 Å². The van der Waals surface area contributed by atoms with Crippen LogP contribution in [0.4, 0.5) is 0 Å². The highest BCUT2D eigenvalue weighted by molar-refractivity contribution is 6.12. The molecule has 0 fully saturated rings. The van der Waals surface area contributed by atoms with Crippen LogP contribution >= 0.6 is 0 Å². The average Bonchev–Trinajstić information content (AvgIpc) is 4.39. The molecule has 15 rings (SSSR count). The number of rotatable bonds is 8. The molecule has 0 N–H and O–H groups in total. The first kappa shape index (κ1) is 45.7. The van der Waals surface area contributed by atoms with Crippen LogP contribution < -0.4 is 0 Å². The fourth-order valence-electron chi connectivity index (χ4n) is 13.0. The summed E-state index contributed by atoms with van der Waals surface area (Å²) in [6, 6.07) is 91.0. The van der Waals surface area contributed by atoms with Crippen molar-refractivity contribution in [2.24, 2.45) is 0 Å². The Hall–Kier alpha value is -9.64. The van der Waals surface area contributed by atoms with E-state index < -0.39 is 0 Å². The minimum Gasteiger partial charge on any atom is -0.416 e. The first-order valence-electron chi connectivity index (χ1n) is 27.0. The Morgan fingerprint density at radius 2 is 0.628 bits per heavy atom. The van der Waals surface area contributed by atoms with E-state index in [4.69, 9.17) is 4.42 Å². The summed E-state index contributed by atoms with van der Waals surface area (Å²) < 4.78 is 8.56. The highest BCUT2D eigenvalue weighted by Crippen LogP contribution is 2.52. The molecule has 0 amide bonds. The van der Waals surface area contributed by atoms with Gasteiger partial charge in [-0.15, -0.1) is 10.2 Å². The second kappa shape index (κ2) is 17.5. The van der Waals surface area contributed by atoms with Crippen LogP contribution in [0.3, 0.4) is 0 Å². The van der Waals surface area contributed by atoms with Crippen LogP contribution in [0.5, 0.6) is 0 Å². The Labute approximate surface area is 454 Å². The van der Waals surface area contributed by atoms with Gasteiger partial charge in [0.25, 0.3) is 0 Å². The van der Waals surface area contributed by atoms with Gasteiger partial charge in [0.1, 0.15) is 0 Å². The Morgan fingerprint density at radius 3 is 1.12 bits per heavy atom. The van der Waals surface area contributed by atoms with Gasteiger partial charge in [-0.25, -0.2) is 0 Å². The van der Waals surface area contributed by atoms with E-state index in [2.05, 4.69) is 261 Å². The van der Waals surface area contributed by atoms with Gasteiger partial charge in [0.15, 0.2) is 0 Å². The number of benzene rings is 11. The van der Waals surface area contributed by atoms with Crippen molar-refractivity contribution in [2.75, 3.05) is 0 Å². The van der Waals surface area contributed by atoms with Crippen molar-refractivity contribution >= 4 is 21.8 Å². The molecule has 0 unspecified atom stereocenters. The molecular formula is C74H53N3O. The molecule has 13 aromatic rings. The van der Waals surface area contributed by atoms with Gasteiger partial charge in [0.2, 0.25) is 11.8 Å². The van der Waals surface area contributed by atoms with Crippen molar-refractivity contribution in [3.63, 3.8) is 0 Å². The smallest absolute Gasteiger partial charge is 0.248 e. The molecule has 78 heavy (non-hydrogen) atoms. The van der Waals surface area contributed by atoms with Crippen molar-refractivity contribution in [1.82, 2.24) is 14.8 Å². The van der Waals surface area contributed by atoms with E-state index >= 15 is 0 Å². The molecule has 2 aliphatic rings. The second-order valence-electron chi connectivity index (χ2n) is 22.2. The fraction of sp³-hybridized carbons (Fsp3) is 0.0811. The van der Waals surface area contributed by atoms with Crippen LogP contribution in [0.1, 0.15) is 49.9 Å². The molecular weight excluding hydrogens is 947 g/mol. The van der Waals surface area contributed by atoms with E-state index in [1.165, 1.54) is 99.7 Å². The zero-order valence-corrected chi connectivity index (χ0v) is 43.9. The fourth-order valence-corrected chi connectivity index (χ4v) is 13.0. The number of hydrogen-bond donors (Lipinski definition) is 0. The molecule has 0 radical (unpaired) electrons. The predicted molar refractivity (Wildman–Crippen MR) is 322 cm³/mol. The van der Waals surface area contributed by atoms with E-state index in [1.54, 1.807) is 0 Å². The van der Waals surface area contributed by atoms with Gasteiger partial charge in [0, 0.05) is 38.4 Å². The topological polar surface area (TPSA) is 43.9 Å². The van der Waals surface area contributed by atoms with E-state index in [-0.39, 0.29) is 10.8 Å². The first-order chi connectivity index (χ1) is 38.2. The molecule has 0 spiro atoms. The SMILES string of the molecule is CC1(C)c2ccccc2-c2ccc(-c3ccc4c(c3)c3cc(-c5ccc6c(c5)C(C)(C)c5ccccc5-6)ccc3n4-c3ccc(-c4ccccc4-c4ccccc4-c4ccc(-c5nnc(-c6ccccc6)o5)cc4)cc3)cc21. The highest BCUT2D eigenvalue weighted by atomic mass is 16.4. The van der Waals surface area contributed by atoms with Gasteiger partial charge in [-0.05, 0) is 173 Å². The Balaban J connectivity index is 0.812. The molecule has 0 aliphatic heterocycles. The second-order valence-corrected chi connectivity index (χ2v) is 22.2. The van der Waals surface area contributed by atoms with Crippen LogP contribution in [0.15, 0.2) is 253 Å². The summed E-state index contributed by atoms with van der Waals surface area (Å²) in [5.41, 5.74) is 27.8. The summed E-state index contributed by atoms with van der Waals surface area (Å²) >= 11 is 0. The largest absolute Gasteiger partial charge is 0.416 e. The lowest BCUT2D eigenvalue weighted by molar-refractivity contribution is 0.584. The monoisotopic (exact) mass is 999 g/mol. The number of aromatic nitrogens is 3. The normalized spacial score (nSPS) is 13.6. The standard InChI is InChI=1S/C74H53N3O/c1-73(2)65-24-14-12-22-59(65)61-38-32-52(44-67(61)73)50-34-40-69-63(42-50)64-43-51(53-33-39-62-60-23-13-15-25-66(60)74(3,4)68(62)45-53)35-41-70(64)77(69)54-36-30-47(31-37-54)56-19-9-11-21-58(56)57-20-10-8-18-55(57)46-26-28-49(29-27-46)72-76-75-71(78-72)48-16-6-5-7-17-48/h5-45H,1-4H3. The van der Waals surface area contributed by atoms with Crippen molar-refractivity contribution < 1.29 is 4.42 Å². The highest BCUT2D eigenvalue weighted by Gasteiger charge is 2.36. The molecule has 2 heterocycles. The Bertz CT molecular complexity index is 4370. The van der Waals surface area contributed by atoms with Gasteiger partial charge in [-0.1, -0.05) is 204 Å². The third-order valence-corrected chi connectivity index (χ3v) is 17.1. The molecule has 2 aliphatic carbocycles. The van der Waals surface area contributed by atoms with Crippen molar-refractivity contribution in [3.8, 4) is 106 Å².